The summed E-state index contributed by atoms with van der Waals surface area (Å²) in [5.74, 6) is 0. The van der Waals surface area contributed by atoms with Crippen molar-refractivity contribution in [3.05, 3.63) is 0 Å². The van der Waals surface area contributed by atoms with Crippen LogP contribution in [0, 0.1) is 11.3 Å². The lowest BCUT2D eigenvalue weighted by Crippen LogP contribution is -2.50. The third kappa shape index (κ3) is 4.48. The summed E-state index contributed by atoms with van der Waals surface area (Å²) < 4.78 is 0. The highest BCUT2D eigenvalue weighted by atomic mass is 15.2. The number of hydrogen-bond acceptors (Lipinski definition) is 2. The minimum atomic E-state index is -0.125. The maximum absolute atomic E-state index is 9.91. The number of nitriles is 1. The van der Waals surface area contributed by atoms with Crippen molar-refractivity contribution in [1.82, 2.24) is 4.90 Å². The van der Waals surface area contributed by atoms with E-state index in [9.17, 15) is 5.26 Å². The second-order valence-electron chi connectivity index (χ2n) is 6.87. The summed E-state index contributed by atoms with van der Waals surface area (Å²) in [7, 11) is 0. The zero-order valence-electron chi connectivity index (χ0n) is 13.2. The van der Waals surface area contributed by atoms with Crippen LogP contribution < -0.4 is 0 Å². The van der Waals surface area contributed by atoms with E-state index in [0.717, 1.165) is 25.9 Å². The molecule has 1 heterocycles. The van der Waals surface area contributed by atoms with Crippen molar-refractivity contribution in [3.63, 3.8) is 0 Å². The zero-order chi connectivity index (χ0) is 14.1. The van der Waals surface area contributed by atoms with E-state index in [1.807, 2.05) is 0 Å². The SMILES string of the molecule is N#CC1(N2CCCCC2)CCCCCCCCCCC1. The Labute approximate surface area is 125 Å². The molecule has 0 atom stereocenters. The molecule has 0 aromatic rings. The Balaban J connectivity index is 1.98. The molecule has 20 heavy (non-hydrogen) atoms. The van der Waals surface area contributed by atoms with Crippen LogP contribution in [-0.2, 0) is 0 Å². The van der Waals surface area contributed by atoms with E-state index >= 15 is 0 Å². The molecule has 0 bridgehead atoms. The van der Waals surface area contributed by atoms with E-state index in [1.165, 1.54) is 77.0 Å². The topological polar surface area (TPSA) is 27.0 Å². The van der Waals surface area contributed by atoms with Crippen LogP contribution in [0.15, 0.2) is 0 Å². The summed E-state index contributed by atoms with van der Waals surface area (Å²) >= 11 is 0. The molecule has 1 aliphatic carbocycles. The van der Waals surface area contributed by atoms with Crippen molar-refractivity contribution in [2.24, 2.45) is 0 Å². The fourth-order valence-corrected chi connectivity index (χ4v) is 4.02. The van der Waals surface area contributed by atoms with Gasteiger partial charge in [0.2, 0.25) is 0 Å². The van der Waals surface area contributed by atoms with Gasteiger partial charge < -0.3 is 0 Å². The van der Waals surface area contributed by atoms with E-state index in [-0.39, 0.29) is 5.54 Å². The maximum Gasteiger partial charge on any atom is 0.109 e. The highest BCUT2D eigenvalue weighted by molar-refractivity contribution is 5.08. The summed E-state index contributed by atoms with van der Waals surface area (Å²) in [6.07, 6.45) is 18.3. The molecule has 0 amide bonds. The molecule has 2 fully saturated rings. The van der Waals surface area contributed by atoms with Gasteiger partial charge in [0.15, 0.2) is 0 Å². The highest BCUT2D eigenvalue weighted by Gasteiger charge is 2.36. The lowest BCUT2D eigenvalue weighted by molar-refractivity contribution is 0.0894. The van der Waals surface area contributed by atoms with Gasteiger partial charge in [0.05, 0.1) is 6.07 Å². The van der Waals surface area contributed by atoms with Crippen molar-refractivity contribution < 1.29 is 0 Å². The quantitative estimate of drug-likeness (QED) is 0.671. The number of hydrogen-bond donors (Lipinski definition) is 0. The van der Waals surface area contributed by atoms with Crippen molar-refractivity contribution >= 4 is 0 Å². The average molecular weight is 276 g/mol. The van der Waals surface area contributed by atoms with Crippen LogP contribution in [0.1, 0.15) is 89.9 Å². The van der Waals surface area contributed by atoms with Crippen molar-refractivity contribution in [1.29, 1.82) is 5.26 Å². The molecule has 1 saturated carbocycles. The van der Waals surface area contributed by atoms with Crippen LogP contribution in [0.2, 0.25) is 0 Å². The summed E-state index contributed by atoms with van der Waals surface area (Å²) in [4.78, 5) is 2.54. The fourth-order valence-electron chi connectivity index (χ4n) is 4.02. The predicted octanol–water partition coefficient (Wildman–Crippen LogP) is 5.04. The summed E-state index contributed by atoms with van der Waals surface area (Å²) in [6.45, 7) is 2.32. The van der Waals surface area contributed by atoms with E-state index in [2.05, 4.69) is 11.0 Å². The lowest BCUT2D eigenvalue weighted by atomic mass is 9.84. The third-order valence-corrected chi connectivity index (χ3v) is 5.35. The maximum atomic E-state index is 9.91. The third-order valence-electron chi connectivity index (χ3n) is 5.35. The molecule has 2 rings (SSSR count). The number of piperidine rings is 1. The Morgan fingerprint density at radius 3 is 1.45 bits per heavy atom. The van der Waals surface area contributed by atoms with Gasteiger partial charge in [-0.25, -0.2) is 0 Å². The van der Waals surface area contributed by atoms with Gasteiger partial charge in [0.1, 0.15) is 5.54 Å². The molecular weight excluding hydrogens is 244 g/mol. The first-order valence-corrected chi connectivity index (χ1v) is 9.04. The highest BCUT2D eigenvalue weighted by Crippen LogP contribution is 2.32. The molecule has 0 unspecified atom stereocenters. The van der Waals surface area contributed by atoms with Crippen molar-refractivity contribution in [3.8, 4) is 6.07 Å². The second-order valence-corrected chi connectivity index (χ2v) is 6.87. The fraction of sp³-hybridized carbons (Fsp3) is 0.944. The van der Waals surface area contributed by atoms with E-state index in [0.29, 0.717) is 0 Å². The predicted molar refractivity (Wildman–Crippen MR) is 84.6 cm³/mol. The number of rotatable bonds is 1. The Morgan fingerprint density at radius 1 is 0.600 bits per heavy atom. The smallest absolute Gasteiger partial charge is 0.109 e. The first-order chi connectivity index (χ1) is 9.87. The molecule has 1 aliphatic heterocycles. The van der Waals surface area contributed by atoms with Crippen molar-refractivity contribution in [2.75, 3.05) is 13.1 Å². The van der Waals surface area contributed by atoms with Gasteiger partial charge in [-0.15, -0.1) is 0 Å². The Kier molecular flexibility index (Phi) is 6.87. The summed E-state index contributed by atoms with van der Waals surface area (Å²) in [5, 5.41) is 9.91. The molecule has 0 radical (unpaired) electrons. The van der Waals surface area contributed by atoms with Crippen LogP contribution in [0.25, 0.3) is 0 Å². The zero-order valence-corrected chi connectivity index (χ0v) is 13.2. The van der Waals surface area contributed by atoms with Gasteiger partial charge in [-0.05, 0) is 38.8 Å². The minimum Gasteiger partial charge on any atom is -0.286 e. The van der Waals surface area contributed by atoms with Gasteiger partial charge in [0.25, 0.3) is 0 Å². The largest absolute Gasteiger partial charge is 0.286 e. The first kappa shape index (κ1) is 15.8. The van der Waals surface area contributed by atoms with Gasteiger partial charge in [-0.3, -0.25) is 4.90 Å². The van der Waals surface area contributed by atoms with E-state index in [4.69, 9.17) is 0 Å². The van der Waals surface area contributed by atoms with E-state index < -0.39 is 0 Å². The molecule has 114 valence electrons. The van der Waals surface area contributed by atoms with Crippen LogP contribution >= 0.6 is 0 Å². The lowest BCUT2D eigenvalue weighted by Gasteiger charge is -2.41. The van der Waals surface area contributed by atoms with Gasteiger partial charge in [-0.1, -0.05) is 64.2 Å². The summed E-state index contributed by atoms with van der Waals surface area (Å²) in [6, 6.07) is 2.77. The molecule has 2 heteroatoms. The van der Waals surface area contributed by atoms with Crippen LogP contribution in [0.3, 0.4) is 0 Å². The number of likely N-dealkylation sites (tertiary alicyclic amines) is 1. The molecule has 2 nitrogen and oxygen atoms in total. The Hall–Kier alpha value is -0.550. The van der Waals surface area contributed by atoms with Gasteiger partial charge in [-0.2, -0.15) is 5.26 Å². The van der Waals surface area contributed by atoms with Gasteiger partial charge in [0, 0.05) is 0 Å². The number of nitrogens with zero attached hydrogens (tertiary/aromatic N) is 2. The van der Waals surface area contributed by atoms with Crippen molar-refractivity contribution in [2.45, 2.75) is 95.4 Å². The minimum absolute atomic E-state index is 0.125. The molecule has 0 spiro atoms. The Bertz CT molecular complexity index is 287. The van der Waals surface area contributed by atoms with Gasteiger partial charge >= 0.3 is 0 Å². The van der Waals surface area contributed by atoms with E-state index in [1.54, 1.807) is 0 Å². The normalized spacial score (nSPS) is 26.9. The van der Waals surface area contributed by atoms with Crippen LogP contribution in [0.4, 0.5) is 0 Å². The standard InChI is InChI=1S/C18H32N2/c19-17-18(20-15-11-8-12-16-20)13-9-6-4-2-1-3-5-7-10-14-18/h1-16H2. The molecule has 1 saturated heterocycles. The average Bonchev–Trinajstić information content (AvgIpc) is 2.49. The van der Waals surface area contributed by atoms with Crippen LogP contribution in [-0.4, -0.2) is 23.5 Å². The molecule has 0 aromatic heterocycles. The summed E-state index contributed by atoms with van der Waals surface area (Å²) in [5.41, 5.74) is -0.125. The first-order valence-electron chi connectivity index (χ1n) is 9.04. The monoisotopic (exact) mass is 276 g/mol. The Morgan fingerprint density at radius 2 is 1.00 bits per heavy atom. The molecular formula is C18H32N2. The second kappa shape index (κ2) is 8.67. The van der Waals surface area contributed by atoms with Crippen LogP contribution in [0.5, 0.6) is 0 Å². The molecule has 0 N–H and O–H groups in total. The molecule has 2 aliphatic rings. The molecule has 0 aromatic carbocycles.